The second-order valence-electron chi connectivity index (χ2n) is 7.56. The van der Waals surface area contributed by atoms with Crippen LogP contribution in [0.15, 0.2) is 30.9 Å². The fourth-order valence-corrected chi connectivity index (χ4v) is 3.64. The first-order valence-electron chi connectivity index (χ1n) is 10.5. The van der Waals surface area contributed by atoms with Crippen molar-refractivity contribution in [2.24, 2.45) is 0 Å². The van der Waals surface area contributed by atoms with Crippen LogP contribution in [0.3, 0.4) is 0 Å². The Morgan fingerprint density at radius 3 is 2.91 bits per heavy atom. The monoisotopic (exact) mass is 487 g/mol. The molecular formula is C19H19F2N11O3. The molecule has 4 aromatic heterocycles. The first kappa shape index (κ1) is 22.6. The van der Waals surface area contributed by atoms with Crippen molar-refractivity contribution >= 4 is 22.9 Å². The number of carbonyl (C=O) groups excluding carboxylic acids is 1. The second kappa shape index (κ2) is 9.22. The van der Waals surface area contributed by atoms with Gasteiger partial charge in [0.1, 0.15) is 23.6 Å². The average Bonchev–Trinajstić information content (AvgIpc) is 3.60. The molecule has 1 saturated heterocycles. The third kappa shape index (κ3) is 4.35. The summed E-state index contributed by atoms with van der Waals surface area (Å²) in [6.45, 7) is -0.679. The van der Waals surface area contributed by atoms with E-state index in [1.807, 2.05) is 0 Å². The molecule has 14 nitrogen and oxygen atoms in total. The molecule has 1 unspecified atom stereocenters. The van der Waals surface area contributed by atoms with Crippen molar-refractivity contribution in [3.05, 3.63) is 30.9 Å². The number of likely N-dealkylation sites (N-methyl/N-ethyl adjacent to an activating group) is 1. The summed E-state index contributed by atoms with van der Waals surface area (Å²) >= 11 is 0. The molecule has 4 aromatic rings. The van der Waals surface area contributed by atoms with Crippen LogP contribution >= 0.6 is 0 Å². The van der Waals surface area contributed by atoms with Gasteiger partial charge in [-0.25, -0.2) is 13.8 Å². The van der Waals surface area contributed by atoms with Gasteiger partial charge in [0, 0.05) is 19.7 Å². The van der Waals surface area contributed by atoms with E-state index in [0.717, 1.165) is 0 Å². The van der Waals surface area contributed by atoms with E-state index in [-0.39, 0.29) is 35.3 Å². The Bertz CT molecular complexity index is 1350. The van der Waals surface area contributed by atoms with Crippen LogP contribution in [0, 0.1) is 0 Å². The van der Waals surface area contributed by atoms with Gasteiger partial charge in [-0.15, -0.1) is 10.2 Å². The molecule has 0 saturated carbocycles. The largest absolute Gasteiger partial charge is 0.388 e. The van der Waals surface area contributed by atoms with Gasteiger partial charge in [-0.1, -0.05) is 5.21 Å². The number of hydrogen-bond donors (Lipinski definition) is 3. The summed E-state index contributed by atoms with van der Waals surface area (Å²) in [5.74, 6) is -0.366. The van der Waals surface area contributed by atoms with Gasteiger partial charge in [0.25, 0.3) is 12.4 Å². The van der Waals surface area contributed by atoms with E-state index in [9.17, 15) is 18.7 Å². The van der Waals surface area contributed by atoms with Crippen molar-refractivity contribution in [2.75, 3.05) is 18.9 Å². The summed E-state index contributed by atoms with van der Waals surface area (Å²) in [5, 5.41) is 31.4. The Labute approximate surface area is 195 Å². The molecule has 0 aromatic carbocycles. The maximum Gasteiger partial charge on any atom is 0.256 e. The molecular weight excluding hydrogens is 468 g/mol. The van der Waals surface area contributed by atoms with Gasteiger partial charge >= 0.3 is 0 Å². The van der Waals surface area contributed by atoms with Crippen LogP contribution in [0.25, 0.3) is 28.5 Å². The zero-order valence-electron chi connectivity index (χ0n) is 18.2. The predicted molar refractivity (Wildman–Crippen MR) is 114 cm³/mol. The number of aromatic nitrogens is 9. The van der Waals surface area contributed by atoms with Gasteiger partial charge in [-0.3, -0.25) is 9.36 Å². The van der Waals surface area contributed by atoms with E-state index in [0.29, 0.717) is 11.4 Å². The highest BCUT2D eigenvalue weighted by Crippen LogP contribution is 2.32. The Balaban J connectivity index is 1.56. The molecule has 0 bridgehead atoms. The third-order valence-corrected chi connectivity index (χ3v) is 5.27. The Hall–Kier alpha value is -4.18. The van der Waals surface area contributed by atoms with Crippen molar-refractivity contribution in [3.63, 3.8) is 0 Å². The lowest BCUT2D eigenvalue weighted by Crippen LogP contribution is -2.31. The van der Waals surface area contributed by atoms with Crippen molar-refractivity contribution in [1.82, 2.24) is 50.0 Å². The number of alkyl halides is 2. The van der Waals surface area contributed by atoms with E-state index in [1.54, 1.807) is 12.1 Å². The number of fused-ring (bicyclic) bond motifs is 1. The smallest absolute Gasteiger partial charge is 0.256 e. The summed E-state index contributed by atoms with van der Waals surface area (Å²) in [4.78, 5) is 25.0. The van der Waals surface area contributed by atoms with Crippen LogP contribution in [-0.2, 0) is 9.53 Å². The number of nitrogens with one attached hydrogen (secondary N) is 2. The number of hydrogen-bond acceptors (Lipinski definition) is 11. The van der Waals surface area contributed by atoms with Crippen LogP contribution in [0.1, 0.15) is 12.6 Å². The van der Waals surface area contributed by atoms with E-state index in [2.05, 4.69) is 46.1 Å². The minimum Gasteiger partial charge on any atom is -0.388 e. The molecule has 3 atom stereocenters. The van der Waals surface area contributed by atoms with Crippen molar-refractivity contribution in [3.8, 4) is 17.3 Å². The van der Waals surface area contributed by atoms with Crippen LogP contribution in [0.2, 0.25) is 0 Å². The molecule has 0 aliphatic carbocycles. The molecule has 1 amide bonds. The molecule has 35 heavy (non-hydrogen) atoms. The fraction of sp³-hybridized carbons (Fsp3) is 0.368. The van der Waals surface area contributed by atoms with Gasteiger partial charge < -0.3 is 20.5 Å². The summed E-state index contributed by atoms with van der Waals surface area (Å²) in [6, 6.07) is 3.38. The highest BCUT2D eigenvalue weighted by molar-refractivity contribution is 5.84. The number of imidazole rings is 1. The van der Waals surface area contributed by atoms with Gasteiger partial charge in [0.2, 0.25) is 5.91 Å². The van der Waals surface area contributed by atoms with Gasteiger partial charge in [-0.05, 0) is 12.1 Å². The van der Waals surface area contributed by atoms with Gasteiger partial charge in [0.05, 0.1) is 19.1 Å². The average molecular weight is 487 g/mol. The highest BCUT2D eigenvalue weighted by atomic mass is 19.3. The third-order valence-electron chi connectivity index (χ3n) is 5.27. The predicted octanol–water partition coefficient (Wildman–Crippen LogP) is -0.0646. The van der Waals surface area contributed by atoms with Gasteiger partial charge in [-0.2, -0.15) is 19.7 Å². The standard InChI is InChI=1S/C19H19F2N11O3/c1-22-17(34)12-5-11(33)18(35-12)31-8-24-14-15(23-6-13(20)21)26-19(27-16(14)31)32-7-10(29-30-32)9-3-2-4-25-28-9/h2-4,7-8,11-13,18,33H,5-6H2,1H3,(H,22,34)(H,23,26,27)/t11-,12?,18-/m1/s1. The summed E-state index contributed by atoms with van der Waals surface area (Å²) < 4.78 is 34.3. The number of halogens is 2. The lowest BCUT2D eigenvalue weighted by Gasteiger charge is -2.17. The number of anilines is 1. The van der Waals surface area contributed by atoms with Crippen molar-refractivity contribution < 1.29 is 23.4 Å². The topological polar surface area (TPSA) is 171 Å². The molecule has 0 spiro atoms. The lowest BCUT2D eigenvalue weighted by atomic mass is 10.2. The normalized spacial score (nSPS) is 20.0. The van der Waals surface area contributed by atoms with Crippen molar-refractivity contribution in [2.45, 2.75) is 31.3 Å². The molecule has 182 valence electrons. The zero-order chi connectivity index (χ0) is 24.5. The number of nitrogens with zero attached hydrogens (tertiary/aromatic N) is 9. The molecule has 1 fully saturated rings. The summed E-state index contributed by atoms with van der Waals surface area (Å²) in [7, 11) is 1.46. The summed E-state index contributed by atoms with van der Waals surface area (Å²) in [5.41, 5.74) is 1.19. The van der Waals surface area contributed by atoms with E-state index >= 15 is 0 Å². The first-order valence-corrected chi connectivity index (χ1v) is 10.5. The molecule has 5 rings (SSSR count). The molecule has 1 aliphatic rings. The molecule has 0 radical (unpaired) electrons. The molecule has 16 heteroatoms. The number of aliphatic hydroxyl groups is 1. The number of rotatable bonds is 7. The molecule has 3 N–H and O–H groups in total. The number of amides is 1. The Kier molecular flexibility index (Phi) is 5.96. The zero-order valence-corrected chi connectivity index (χ0v) is 18.2. The SMILES string of the molecule is CNC(=O)C1C[C@@H](O)[C@H](n2cnc3c(NCC(F)F)nc(-n4cc(-c5cccnn5)nn4)nc32)O1. The quantitative estimate of drug-likeness (QED) is 0.319. The minimum atomic E-state index is -2.64. The first-order chi connectivity index (χ1) is 16.9. The summed E-state index contributed by atoms with van der Waals surface area (Å²) in [6.07, 6.45) is -1.13. The molecule has 5 heterocycles. The maximum atomic E-state index is 12.9. The lowest BCUT2D eigenvalue weighted by molar-refractivity contribution is -0.134. The second-order valence-corrected chi connectivity index (χ2v) is 7.56. The highest BCUT2D eigenvalue weighted by Gasteiger charge is 2.39. The van der Waals surface area contributed by atoms with Gasteiger partial charge in [0.15, 0.2) is 23.2 Å². The number of aliphatic hydroxyl groups excluding tert-OH is 1. The number of ether oxygens (including phenoxy) is 1. The van der Waals surface area contributed by atoms with Crippen LogP contribution in [-0.4, -0.2) is 87.9 Å². The van der Waals surface area contributed by atoms with E-state index in [1.165, 1.54) is 35.0 Å². The van der Waals surface area contributed by atoms with Crippen LogP contribution in [0.5, 0.6) is 0 Å². The van der Waals surface area contributed by atoms with Crippen LogP contribution < -0.4 is 10.6 Å². The van der Waals surface area contributed by atoms with Crippen LogP contribution in [0.4, 0.5) is 14.6 Å². The maximum absolute atomic E-state index is 12.9. The number of carbonyl (C=O) groups is 1. The molecule has 1 aliphatic heterocycles. The Morgan fingerprint density at radius 2 is 2.17 bits per heavy atom. The minimum absolute atomic E-state index is 0.00556. The van der Waals surface area contributed by atoms with E-state index in [4.69, 9.17) is 4.74 Å². The Morgan fingerprint density at radius 1 is 1.31 bits per heavy atom. The fourth-order valence-electron chi connectivity index (χ4n) is 3.64. The van der Waals surface area contributed by atoms with Crippen molar-refractivity contribution in [1.29, 1.82) is 0 Å². The van der Waals surface area contributed by atoms with E-state index < -0.39 is 31.4 Å².